The highest BCUT2D eigenvalue weighted by Gasteiger charge is 2.40. The lowest BCUT2D eigenvalue weighted by Crippen LogP contribution is -2.44. The fourth-order valence-electron chi connectivity index (χ4n) is 7.47. The Balaban J connectivity index is 1.46. The Kier molecular flexibility index (Phi) is 12.9. The molecule has 0 saturated heterocycles. The summed E-state index contributed by atoms with van der Waals surface area (Å²) in [5, 5.41) is 4.82. The number of carbonyl (C=O) groups is 3. The Labute approximate surface area is 328 Å². The first-order valence-corrected chi connectivity index (χ1v) is 20.9. The van der Waals surface area contributed by atoms with Crippen LogP contribution in [0.25, 0.3) is 0 Å². The van der Waals surface area contributed by atoms with Gasteiger partial charge in [-0.3, -0.25) is 28.7 Å². The standard InChI is InChI=1S/C40H51ClN6O7S/c1-26-9-8-11-35(54-37(48)24-45(2)3)32-16-13-30(32)22-47-21-29-12-15-31(41)19-27(29)10-6-7-18-53-36-17-14-28(20-34(36)47)38(49)43-55(51,25-26)44-39(50)33-23-46(4)42-40(33)52-5/h8,11-12,14-15,17,19-20,23,26,30,32,35H,6-7,9-10,13,16,18,21-22,24-25H2,1-5H3,(H,43,44,49,50,51)/b11-8+/t26-,30-,32+,35-,55?/m0/s1. The number of halogens is 1. The Hall–Kier alpha value is -4.40. The number of likely N-dealkylation sites (N-methyl/N-ethyl adjacent to an activating group) is 1. The van der Waals surface area contributed by atoms with Crippen molar-refractivity contribution in [3.05, 3.63) is 82.0 Å². The largest absolute Gasteiger partial charge is 0.491 e. The minimum atomic E-state index is -3.69. The number of carbonyl (C=O) groups excluding carboxylic acids is 3. The summed E-state index contributed by atoms with van der Waals surface area (Å²) < 4.78 is 40.7. The molecule has 1 unspecified atom stereocenters. The maximum atomic E-state index is 14.7. The van der Waals surface area contributed by atoms with E-state index in [-0.39, 0.29) is 53.0 Å². The first kappa shape index (κ1) is 40.3. The fraction of sp³-hybridized carbons (Fsp3) is 0.500. The van der Waals surface area contributed by atoms with E-state index in [1.807, 2.05) is 45.3 Å². The molecule has 1 aromatic heterocycles. The highest BCUT2D eigenvalue weighted by Crippen LogP contribution is 2.42. The van der Waals surface area contributed by atoms with E-state index in [9.17, 15) is 18.6 Å². The third kappa shape index (κ3) is 10.1. The number of nitrogens with zero attached hydrogens (tertiary/aromatic N) is 5. The van der Waals surface area contributed by atoms with Crippen LogP contribution in [0.4, 0.5) is 5.69 Å². The van der Waals surface area contributed by atoms with Gasteiger partial charge in [0, 0.05) is 42.8 Å². The van der Waals surface area contributed by atoms with Gasteiger partial charge in [0.1, 0.15) is 27.3 Å². The monoisotopic (exact) mass is 794 g/mol. The predicted molar refractivity (Wildman–Crippen MR) is 212 cm³/mol. The zero-order valence-corrected chi connectivity index (χ0v) is 33.7. The zero-order chi connectivity index (χ0) is 39.3. The summed E-state index contributed by atoms with van der Waals surface area (Å²) in [7, 11) is 2.99. The molecule has 296 valence electrons. The third-order valence-electron chi connectivity index (χ3n) is 10.3. The van der Waals surface area contributed by atoms with Crippen LogP contribution in [0.15, 0.2) is 59.1 Å². The summed E-state index contributed by atoms with van der Waals surface area (Å²) >= 11 is 6.49. The van der Waals surface area contributed by atoms with E-state index < -0.39 is 27.8 Å². The molecule has 2 bridgehead atoms. The number of esters is 1. The number of allylic oxidation sites excluding steroid dienone is 1. The number of aromatic nitrogens is 2. The van der Waals surface area contributed by atoms with Crippen molar-refractivity contribution in [1.29, 1.82) is 0 Å². The van der Waals surface area contributed by atoms with Gasteiger partial charge in [-0.1, -0.05) is 30.7 Å². The second-order valence-corrected chi connectivity index (χ2v) is 17.5. The molecule has 0 radical (unpaired) electrons. The van der Waals surface area contributed by atoms with Gasteiger partial charge in [0.15, 0.2) is 0 Å². The molecule has 3 aromatic rings. The molecule has 55 heavy (non-hydrogen) atoms. The topological polar surface area (TPSA) is 145 Å². The van der Waals surface area contributed by atoms with Crippen LogP contribution in [0.5, 0.6) is 11.6 Å². The van der Waals surface area contributed by atoms with Crippen LogP contribution in [0.3, 0.4) is 0 Å². The van der Waals surface area contributed by atoms with Gasteiger partial charge in [0.2, 0.25) is 5.88 Å². The van der Waals surface area contributed by atoms with Gasteiger partial charge in [-0.15, -0.1) is 9.46 Å². The van der Waals surface area contributed by atoms with Crippen molar-refractivity contribution in [2.45, 2.75) is 58.1 Å². The molecule has 2 aromatic carbocycles. The maximum absolute atomic E-state index is 14.7. The number of aryl methyl sites for hydroxylation is 2. The van der Waals surface area contributed by atoms with E-state index in [0.717, 1.165) is 43.2 Å². The lowest BCUT2D eigenvalue weighted by molar-refractivity contribution is -0.152. The van der Waals surface area contributed by atoms with E-state index in [1.54, 1.807) is 30.1 Å². The van der Waals surface area contributed by atoms with E-state index >= 15 is 0 Å². The molecule has 2 amide bonds. The molecule has 5 atom stereocenters. The number of anilines is 1. The summed E-state index contributed by atoms with van der Waals surface area (Å²) in [5.41, 5.74) is 3.24. The highest BCUT2D eigenvalue weighted by molar-refractivity contribution is 7.92. The summed E-state index contributed by atoms with van der Waals surface area (Å²) in [6, 6.07) is 11.1. The lowest BCUT2D eigenvalue weighted by Gasteiger charge is -2.43. The molecule has 3 aliphatic rings. The molecule has 6 rings (SSSR count). The Morgan fingerprint density at radius 2 is 1.95 bits per heavy atom. The Morgan fingerprint density at radius 1 is 1.13 bits per heavy atom. The third-order valence-corrected chi connectivity index (χ3v) is 12.6. The molecule has 3 heterocycles. The summed E-state index contributed by atoms with van der Waals surface area (Å²) in [6.45, 7) is 3.62. The van der Waals surface area contributed by atoms with Crippen molar-refractivity contribution in [3.8, 4) is 11.6 Å². The average molecular weight is 795 g/mol. The van der Waals surface area contributed by atoms with Gasteiger partial charge in [-0.2, -0.15) is 0 Å². The average Bonchev–Trinajstić information content (AvgIpc) is 3.48. The van der Waals surface area contributed by atoms with E-state index in [4.69, 9.17) is 25.8 Å². The van der Waals surface area contributed by atoms with Crippen LogP contribution in [0.2, 0.25) is 5.02 Å². The minimum Gasteiger partial charge on any atom is -0.491 e. The van der Waals surface area contributed by atoms with Gasteiger partial charge >= 0.3 is 5.97 Å². The molecular formula is C40H51ClN6O7S. The molecule has 15 heteroatoms. The number of methoxy groups -OCH3 is 1. The SMILES string of the molecule is COc1nn(C)cc1C(=O)NS1(=O)=NC(=O)c2ccc3c(c2)N(Cc2ccc(Cl)cc2CCCCO3)C[C@@H]2CC[C@H]2[C@@H](OC(=O)CN(C)C)/C=C/C[C@H](C)C1. The van der Waals surface area contributed by atoms with Crippen LogP contribution >= 0.6 is 11.6 Å². The van der Waals surface area contributed by atoms with Gasteiger partial charge in [0.25, 0.3) is 11.8 Å². The van der Waals surface area contributed by atoms with E-state index in [0.29, 0.717) is 42.6 Å². The molecule has 2 aliphatic heterocycles. The number of amides is 2. The first-order chi connectivity index (χ1) is 26.3. The molecule has 1 fully saturated rings. The first-order valence-electron chi connectivity index (χ1n) is 18.8. The minimum absolute atomic E-state index is 0.0515. The van der Waals surface area contributed by atoms with Crippen LogP contribution < -0.4 is 19.1 Å². The smallest absolute Gasteiger partial charge is 0.320 e. The van der Waals surface area contributed by atoms with Gasteiger partial charge in [-0.05, 0) is 112 Å². The van der Waals surface area contributed by atoms with Gasteiger partial charge < -0.3 is 19.1 Å². The van der Waals surface area contributed by atoms with Crippen LogP contribution in [-0.4, -0.2) is 89.4 Å². The van der Waals surface area contributed by atoms with Crippen LogP contribution in [0.1, 0.15) is 70.9 Å². The van der Waals surface area contributed by atoms with Crippen LogP contribution in [-0.2, 0) is 39.5 Å². The zero-order valence-electron chi connectivity index (χ0n) is 32.2. The number of rotatable bonds is 6. The quantitative estimate of drug-likeness (QED) is 0.238. The second-order valence-electron chi connectivity index (χ2n) is 15.1. The molecule has 1 N–H and O–H groups in total. The molecular weight excluding hydrogens is 744 g/mol. The number of benzene rings is 2. The summed E-state index contributed by atoms with van der Waals surface area (Å²) in [5.74, 6) is -1.28. The maximum Gasteiger partial charge on any atom is 0.320 e. The number of nitrogens with one attached hydrogen (secondary N) is 1. The summed E-state index contributed by atoms with van der Waals surface area (Å²) in [4.78, 5) is 44.8. The highest BCUT2D eigenvalue weighted by atomic mass is 35.5. The van der Waals surface area contributed by atoms with Crippen molar-refractivity contribution in [2.24, 2.45) is 29.2 Å². The molecule has 1 aliphatic carbocycles. The lowest BCUT2D eigenvalue weighted by atomic mass is 9.70. The van der Waals surface area contributed by atoms with Gasteiger partial charge in [-0.25, -0.2) is 4.21 Å². The molecule has 13 nitrogen and oxygen atoms in total. The fourth-order valence-corrected chi connectivity index (χ4v) is 9.55. The Bertz CT molecular complexity index is 2060. The number of fused-ring (bicyclic) bond motifs is 3. The van der Waals surface area contributed by atoms with E-state index in [2.05, 4.69) is 25.1 Å². The van der Waals surface area contributed by atoms with Crippen molar-refractivity contribution in [3.63, 3.8) is 0 Å². The van der Waals surface area contributed by atoms with Crippen LogP contribution in [0, 0.1) is 17.8 Å². The number of ether oxygens (including phenoxy) is 3. The normalized spacial score (nSPS) is 25.1. The molecule has 1 saturated carbocycles. The van der Waals surface area contributed by atoms with Crippen molar-refractivity contribution in [1.82, 2.24) is 19.4 Å². The predicted octanol–water partition coefficient (Wildman–Crippen LogP) is 5.85. The summed E-state index contributed by atoms with van der Waals surface area (Å²) in [6.07, 6.45) is 9.69. The van der Waals surface area contributed by atoms with E-state index in [1.165, 1.54) is 18.0 Å². The number of hydrogen-bond acceptors (Lipinski definition) is 10. The van der Waals surface area contributed by atoms with Gasteiger partial charge in [0.05, 0.1) is 31.7 Å². The van der Waals surface area contributed by atoms with Crippen molar-refractivity contribution >= 4 is 45.0 Å². The second kappa shape index (κ2) is 17.6. The number of hydrogen-bond donors (Lipinski definition) is 1. The Morgan fingerprint density at radius 3 is 2.69 bits per heavy atom. The van der Waals surface area contributed by atoms with Crippen molar-refractivity contribution < 1.29 is 32.8 Å². The molecule has 0 spiro atoms. The van der Waals surface area contributed by atoms with Crippen molar-refractivity contribution in [2.75, 3.05) is 51.6 Å².